The number of carbonyl (C=O) groups is 2. The van der Waals surface area contributed by atoms with Gasteiger partial charge in [-0.05, 0) is 45.7 Å². The average Bonchev–Trinajstić information content (AvgIpc) is 3.28. The van der Waals surface area contributed by atoms with Crippen LogP contribution in [0, 0.1) is 0 Å². The first-order valence-corrected chi connectivity index (χ1v) is 8.19. The van der Waals surface area contributed by atoms with Crippen LogP contribution in [0.2, 0.25) is 0 Å². The van der Waals surface area contributed by atoms with Crippen molar-refractivity contribution in [2.45, 2.75) is 45.1 Å². The van der Waals surface area contributed by atoms with Crippen LogP contribution in [0.3, 0.4) is 0 Å². The topological polar surface area (TPSA) is 82.5 Å². The van der Waals surface area contributed by atoms with Gasteiger partial charge in [0.15, 0.2) is 0 Å². The number of para-hydroxylation sites is 1. The number of anilines is 1. The number of nitrogens with zero attached hydrogens (tertiary/aromatic N) is 2. The lowest BCUT2D eigenvalue weighted by Gasteiger charge is -2.19. The van der Waals surface area contributed by atoms with E-state index in [1.165, 1.54) is 0 Å². The van der Waals surface area contributed by atoms with Gasteiger partial charge in [-0.3, -0.25) is 5.32 Å². The van der Waals surface area contributed by atoms with Crippen molar-refractivity contribution in [3.8, 4) is 5.75 Å². The Labute approximate surface area is 145 Å². The molecule has 1 amide bonds. The SMILES string of the molecule is CC(C)(C)OC(=O)n1nc(C2CC2)cc1NC(=O)Oc1ccccc1. The second-order valence-electron chi connectivity index (χ2n) is 6.95. The first kappa shape index (κ1) is 17.0. The summed E-state index contributed by atoms with van der Waals surface area (Å²) in [5.74, 6) is 0.970. The molecule has 0 saturated heterocycles. The van der Waals surface area contributed by atoms with E-state index in [0.29, 0.717) is 11.7 Å². The number of benzene rings is 1. The lowest BCUT2D eigenvalue weighted by atomic mass is 10.2. The maximum absolute atomic E-state index is 12.4. The number of ether oxygens (including phenoxy) is 2. The van der Waals surface area contributed by atoms with Gasteiger partial charge in [0.25, 0.3) is 0 Å². The third-order valence-electron chi connectivity index (χ3n) is 3.47. The molecule has 1 aliphatic carbocycles. The summed E-state index contributed by atoms with van der Waals surface area (Å²) in [7, 11) is 0. The number of amides is 1. The zero-order valence-corrected chi connectivity index (χ0v) is 14.5. The molecule has 2 aromatic rings. The van der Waals surface area contributed by atoms with Gasteiger partial charge in [-0.2, -0.15) is 5.10 Å². The highest BCUT2D eigenvalue weighted by atomic mass is 16.6. The lowest BCUT2D eigenvalue weighted by molar-refractivity contribution is 0.0518. The number of rotatable bonds is 3. The molecule has 1 aromatic carbocycles. The summed E-state index contributed by atoms with van der Waals surface area (Å²) in [6.07, 6.45) is 0.714. The number of nitrogens with one attached hydrogen (secondary N) is 1. The van der Waals surface area contributed by atoms with Crippen molar-refractivity contribution in [2.24, 2.45) is 0 Å². The summed E-state index contributed by atoms with van der Waals surface area (Å²) in [5, 5.41) is 6.86. The maximum Gasteiger partial charge on any atom is 0.437 e. The minimum atomic E-state index is -0.696. The maximum atomic E-state index is 12.4. The first-order valence-electron chi connectivity index (χ1n) is 8.19. The molecule has 7 nitrogen and oxygen atoms in total. The third kappa shape index (κ3) is 4.59. The van der Waals surface area contributed by atoms with Gasteiger partial charge in [0, 0.05) is 12.0 Å². The molecule has 0 unspecified atom stereocenters. The molecule has 7 heteroatoms. The molecule has 25 heavy (non-hydrogen) atoms. The minimum absolute atomic E-state index is 0.233. The number of hydrogen-bond acceptors (Lipinski definition) is 5. The Morgan fingerprint density at radius 3 is 2.48 bits per heavy atom. The average molecular weight is 343 g/mol. The predicted octanol–water partition coefficient (Wildman–Crippen LogP) is 4.15. The highest BCUT2D eigenvalue weighted by Gasteiger charge is 2.30. The summed E-state index contributed by atoms with van der Waals surface area (Å²) in [4.78, 5) is 24.5. The second-order valence-corrected chi connectivity index (χ2v) is 6.95. The van der Waals surface area contributed by atoms with Crippen LogP contribution in [-0.4, -0.2) is 27.6 Å². The van der Waals surface area contributed by atoms with Crippen LogP contribution >= 0.6 is 0 Å². The number of hydrogen-bond donors (Lipinski definition) is 1. The molecule has 0 radical (unpaired) electrons. The fourth-order valence-electron chi connectivity index (χ4n) is 2.24. The van der Waals surface area contributed by atoms with E-state index in [0.717, 1.165) is 23.2 Å². The molecule has 1 N–H and O–H groups in total. The van der Waals surface area contributed by atoms with Gasteiger partial charge in [0.2, 0.25) is 0 Å². The van der Waals surface area contributed by atoms with Crippen molar-refractivity contribution in [3.05, 3.63) is 42.1 Å². The minimum Gasteiger partial charge on any atom is -0.442 e. The van der Waals surface area contributed by atoms with E-state index in [-0.39, 0.29) is 5.82 Å². The summed E-state index contributed by atoms with van der Waals surface area (Å²) in [6.45, 7) is 5.31. The predicted molar refractivity (Wildman–Crippen MR) is 91.9 cm³/mol. The molecular formula is C18H21N3O4. The normalized spacial score (nSPS) is 14.0. The smallest absolute Gasteiger partial charge is 0.437 e. The van der Waals surface area contributed by atoms with Crippen molar-refractivity contribution < 1.29 is 19.1 Å². The van der Waals surface area contributed by atoms with Crippen molar-refractivity contribution in [1.29, 1.82) is 0 Å². The van der Waals surface area contributed by atoms with Gasteiger partial charge in [0.05, 0.1) is 5.69 Å². The van der Waals surface area contributed by atoms with E-state index in [1.54, 1.807) is 51.1 Å². The van der Waals surface area contributed by atoms with Gasteiger partial charge >= 0.3 is 12.2 Å². The van der Waals surface area contributed by atoms with Crippen LogP contribution in [0.1, 0.15) is 45.2 Å². The van der Waals surface area contributed by atoms with Crippen molar-refractivity contribution >= 4 is 18.0 Å². The molecule has 0 bridgehead atoms. The van der Waals surface area contributed by atoms with Crippen LogP contribution in [0.5, 0.6) is 5.75 Å². The van der Waals surface area contributed by atoms with Crippen molar-refractivity contribution in [1.82, 2.24) is 9.78 Å². The van der Waals surface area contributed by atoms with E-state index in [4.69, 9.17) is 9.47 Å². The largest absolute Gasteiger partial charge is 0.442 e. The fraction of sp³-hybridized carbons (Fsp3) is 0.389. The van der Waals surface area contributed by atoms with Gasteiger partial charge in [0.1, 0.15) is 17.2 Å². The van der Waals surface area contributed by atoms with E-state index in [9.17, 15) is 9.59 Å². The summed E-state index contributed by atoms with van der Waals surface area (Å²) in [6, 6.07) is 10.4. The molecular weight excluding hydrogens is 322 g/mol. The zero-order chi connectivity index (χ0) is 18.0. The molecule has 1 fully saturated rings. The fourth-order valence-corrected chi connectivity index (χ4v) is 2.24. The lowest BCUT2D eigenvalue weighted by Crippen LogP contribution is -2.29. The molecule has 0 atom stereocenters. The van der Waals surface area contributed by atoms with E-state index in [2.05, 4.69) is 10.4 Å². The molecule has 1 aromatic heterocycles. The van der Waals surface area contributed by atoms with E-state index < -0.39 is 17.8 Å². The summed E-state index contributed by atoms with van der Waals surface area (Å²) >= 11 is 0. The second kappa shape index (κ2) is 6.58. The Bertz CT molecular complexity index is 773. The number of carbonyl (C=O) groups excluding carboxylic acids is 2. The Kier molecular flexibility index (Phi) is 4.48. The highest BCUT2D eigenvalue weighted by molar-refractivity contribution is 5.88. The number of aromatic nitrogens is 2. The Hall–Kier alpha value is -2.83. The van der Waals surface area contributed by atoms with Crippen LogP contribution in [0.4, 0.5) is 15.4 Å². The Balaban J connectivity index is 1.77. The zero-order valence-electron chi connectivity index (χ0n) is 14.5. The van der Waals surface area contributed by atoms with Crippen molar-refractivity contribution in [3.63, 3.8) is 0 Å². The van der Waals surface area contributed by atoms with Gasteiger partial charge < -0.3 is 9.47 Å². The van der Waals surface area contributed by atoms with Crippen LogP contribution in [0.15, 0.2) is 36.4 Å². The van der Waals surface area contributed by atoms with E-state index in [1.807, 2.05) is 6.07 Å². The molecule has 1 saturated carbocycles. The monoisotopic (exact) mass is 343 g/mol. The van der Waals surface area contributed by atoms with Gasteiger partial charge in [-0.25, -0.2) is 9.59 Å². The van der Waals surface area contributed by atoms with Gasteiger partial charge in [-0.1, -0.05) is 18.2 Å². The third-order valence-corrected chi connectivity index (χ3v) is 3.47. The standard InChI is InChI=1S/C18H21N3O4/c1-18(2,3)25-17(23)21-15(11-14(20-21)12-9-10-12)19-16(22)24-13-7-5-4-6-8-13/h4-8,11-12H,9-10H2,1-3H3,(H,19,22). The summed E-state index contributed by atoms with van der Waals surface area (Å²) in [5.41, 5.74) is 0.103. The Morgan fingerprint density at radius 1 is 1.20 bits per heavy atom. The first-order chi connectivity index (χ1) is 11.8. The molecule has 1 aliphatic rings. The van der Waals surface area contributed by atoms with Crippen LogP contribution < -0.4 is 10.1 Å². The molecule has 3 rings (SSSR count). The molecule has 132 valence electrons. The van der Waals surface area contributed by atoms with Crippen molar-refractivity contribution in [2.75, 3.05) is 5.32 Å². The quantitative estimate of drug-likeness (QED) is 0.905. The Morgan fingerprint density at radius 2 is 1.88 bits per heavy atom. The van der Waals surface area contributed by atoms with Crippen LogP contribution in [0.25, 0.3) is 0 Å². The molecule has 0 spiro atoms. The van der Waals surface area contributed by atoms with E-state index >= 15 is 0 Å². The highest BCUT2D eigenvalue weighted by Crippen LogP contribution is 2.40. The van der Waals surface area contributed by atoms with Gasteiger partial charge in [-0.15, -0.1) is 4.68 Å². The summed E-state index contributed by atoms with van der Waals surface area (Å²) < 4.78 is 11.6. The molecule has 0 aliphatic heterocycles. The van der Waals surface area contributed by atoms with Crippen LogP contribution in [-0.2, 0) is 4.74 Å². The molecule has 1 heterocycles.